The molecule has 0 aliphatic rings. The minimum absolute atomic E-state index is 0.504. The topological polar surface area (TPSA) is 9.23 Å². The minimum Gasteiger partial charge on any atom is -0.489 e. The van der Waals surface area contributed by atoms with Gasteiger partial charge in [0.2, 0.25) is 0 Å². The highest BCUT2D eigenvalue weighted by Crippen LogP contribution is 2.23. The molecule has 0 aliphatic heterocycles. The summed E-state index contributed by atoms with van der Waals surface area (Å²) < 4.78 is 5.80. The monoisotopic (exact) mass is 246 g/mol. The maximum atomic E-state index is 6.08. The standard InChI is InChI=1S/C15H15ClO/c1-11-6-5-9-15(12(11)2)17-10-13-7-3-4-8-14(13)16/h3-9H,10H2,1-2H3. The van der Waals surface area contributed by atoms with Crippen molar-refractivity contribution in [3.8, 4) is 5.75 Å². The lowest BCUT2D eigenvalue weighted by atomic mass is 10.1. The fourth-order valence-corrected chi connectivity index (χ4v) is 1.84. The molecule has 0 atom stereocenters. The molecule has 0 saturated heterocycles. The smallest absolute Gasteiger partial charge is 0.122 e. The first-order chi connectivity index (χ1) is 8.18. The third-order valence-electron chi connectivity index (χ3n) is 2.90. The highest BCUT2D eigenvalue weighted by molar-refractivity contribution is 6.31. The molecule has 0 bridgehead atoms. The van der Waals surface area contributed by atoms with E-state index in [1.165, 1.54) is 11.1 Å². The molecule has 0 heterocycles. The third-order valence-corrected chi connectivity index (χ3v) is 3.26. The molecule has 0 radical (unpaired) electrons. The quantitative estimate of drug-likeness (QED) is 0.773. The maximum absolute atomic E-state index is 6.08. The third kappa shape index (κ3) is 2.80. The van der Waals surface area contributed by atoms with Crippen LogP contribution in [-0.2, 0) is 6.61 Å². The van der Waals surface area contributed by atoms with Gasteiger partial charge in [-0.05, 0) is 37.1 Å². The summed E-state index contributed by atoms with van der Waals surface area (Å²) in [7, 11) is 0. The average molecular weight is 247 g/mol. The molecule has 0 aliphatic carbocycles. The van der Waals surface area contributed by atoms with Gasteiger partial charge in [0.1, 0.15) is 12.4 Å². The van der Waals surface area contributed by atoms with Gasteiger partial charge >= 0.3 is 0 Å². The van der Waals surface area contributed by atoms with Crippen LogP contribution in [0.3, 0.4) is 0 Å². The molecule has 0 spiro atoms. The highest BCUT2D eigenvalue weighted by Gasteiger charge is 2.03. The molecular weight excluding hydrogens is 232 g/mol. The average Bonchev–Trinajstić information content (AvgIpc) is 2.33. The van der Waals surface area contributed by atoms with Gasteiger partial charge in [-0.15, -0.1) is 0 Å². The largest absolute Gasteiger partial charge is 0.489 e. The first kappa shape index (κ1) is 12.0. The minimum atomic E-state index is 0.504. The molecule has 1 nitrogen and oxygen atoms in total. The summed E-state index contributed by atoms with van der Waals surface area (Å²) in [5.74, 6) is 0.921. The Hall–Kier alpha value is -1.47. The van der Waals surface area contributed by atoms with Crippen LogP contribution in [0.4, 0.5) is 0 Å². The van der Waals surface area contributed by atoms with Gasteiger partial charge in [-0.25, -0.2) is 0 Å². The van der Waals surface area contributed by atoms with E-state index < -0.39 is 0 Å². The zero-order valence-corrected chi connectivity index (χ0v) is 10.8. The lowest BCUT2D eigenvalue weighted by Gasteiger charge is -2.11. The van der Waals surface area contributed by atoms with Gasteiger partial charge in [0.25, 0.3) is 0 Å². The Morgan fingerprint density at radius 2 is 1.76 bits per heavy atom. The van der Waals surface area contributed by atoms with Crippen molar-refractivity contribution < 1.29 is 4.74 Å². The van der Waals surface area contributed by atoms with E-state index in [1.54, 1.807) is 0 Å². The number of rotatable bonds is 3. The van der Waals surface area contributed by atoms with Gasteiger partial charge in [0.05, 0.1) is 0 Å². The van der Waals surface area contributed by atoms with Crippen molar-refractivity contribution in [2.75, 3.05) is 0 Å². The predicted octanol–water partition coefficient (Wildman–Crippen LogP) is 4.54. The van der Waals surface area contributed by atoms with Gasteiger partial charge in [-0.1, -0.05) is 41.9 Å². The first-order valence-electron chi connectivity index (χ1n) is 5.61. The molecule has 0 saturated carbocycles. The normalized spacial score (nSPS) is 10.3. The molecule has 88 valence electrons. The van der Waals surface area contributed by atoms with Crippen molar-refractivity contribution in [3.05, 3.63) is 64.2 Å². The van der Waals surface area contributed by atoms with Crippen molar-refractivity contribution in [3.63, 3.8) is 0 Å². The molecule has 2 rings (SSSR count). The summed E-state index contributed by atoms with van der Waals surface area (Å²) >= 11 is 6.08. The van der Waals surface area contributed by atoms with Gasteiger partial charge in [-0.3, -0.25) is 0 Å². The summed E-state index contributed by atoms with van der Waals surface area (Å²) in [6.45, 7) is 4.65. The lowest BCUT2D eigenvalue weighted by molar-refractivity contribution is 0.304. The van der Waals surface area contributed by atoms with Crippen LogP contribution in [-0.4, -0.2) is 0 Å². The van der Waals surface area contributed by atoms with Crippen LogP contribution in [0.1, 0.15) is 16.7 Å². The Kier molecular flexibility index (Phi) is 3.70. The lowest BCUT2D eigenvalue weighted by Crippen LogP contribution is -1.98. The number of aryl methyl sites for hydroxylation is 1. The molecule has 0 fully saturated rings. The predicted molar refractivity (Wildman–Crippen MR) is 71.7 cm³/mol. The Balaban J connectivity index is 2.13. The van der Waals surface area contributed by atoms with E-state index in [1.807, 2.05) is 36.4 Å². The molecule has 0 aromatic heterocycles. The van der Waals surface area contributed by atoms with Crippen molar-refractivity contribution in [2.45, 2.75) is 20.5 Å². The maximum Gasteiger partial charge on any atom is 0.122 e. The highest BCUT2D eigenvalue weighted by atomic mass is 35.5. The number of benzene rings is 2. The molecule has 0 N–H and O–H groups in total. The van der Waals surface area contributed by atoms with Crippen molar-refractivity contribution >= 4 is 11.6 Å². The summed E-state index contributed by atoms with van der Waals surface area (Å²) in [4.78, 5) is 0. The second-order valence-corrected chi connectivity index (χ2v) is 4.49. The van der Waals surface area contributed by atoms with E-state index in [0.717, 1.165) is 16.3 Å². The summed E-state index contributed by atoms with van der Waals surface area (Å²) in [6, 6.07) is 13.8. The molecule has 0 amide bonds. The van der Waals surface area contributed by atoms with Gasteiger partial charge in [0, 0.05) is 10.6 Å². The van der Waals surface area contributed by atoms with Crippen LogP contribution in [0.25, 0.3) is 0 Å². The van der Waals surface area contributed by atoms with E-state index in [4.69, 9.17) is 16.3 Å². The number of hydrogen-bond acceptors (Lipinski definition) is 1. The molecule has 2 aromatic carbocycles. The van der Waals surface area contributed by atoms with Gasteiger partial charge < -0.3 is 4.74 Å². The molecule has 2 aromatic rings. The fourth-order valence-electron chi connectivity index (χ4n) is 1.65. The Morgan fingerprint density at radius 1 is 1.00 bits per heavy atom. The first-order valence-corrected chi connectivity index (χ1v) is 5.98. The summed E-state index contributed by atoms with van der Waals surface area (Å²) in [5.41, 5.74) is 3.43. The van der Waals surface area contributed by atoms with Crippen LogP contribution in [0.15, 0.2) is 42.5 Å². The zero-order chi connectivity index (χ0) is 12.3. The van der Waals surface area contributed by atoms with E-state index in [-0.39, 0.29) is 0 Å². The zero-order valence-electron chi connectivity index (χ0n) is 10.0. The van der Waals surface area contributed by atoms with Crippen LogP contribution in [0.2, 0.25) is 5.02 Å². The van der Waals surface area contributed by atoms with Crippen LogP contribution in [0, 0.1) is 13.8 Å². The molecule has 2 heteroatoms. The molecule has 17 heavy (non-hydrogen) atoms. The Morgan fingerprint density at radius 3 is 2.53 bits per heavy atom. The SMILES string of the molecule is Cc1cccc(OCc2ccccc2Cl)c1C. The summed E-state index contributed by atoms with van der Waals surface area (Å²) in [5, 5.41) is 0.748. The Labute approximate surface area is 107 Å². The van der Waals surface area contributed by atoms with Crippen molar-refractivity contribution in [1.82, 2.24) is 0 Å². The van der Waals surface area contributed by atoms with Crippen molar-refractivity contribution in [2.24, 2.45) is 0 Å². The van der Waals surface area contributed by atoms with Crippen LogP contribution in [0.5, 0.6) is 5.75 Å². The van der Waals surface area contributed by atoms with Crippen LogP contribution < -0.4 is 4.74 Å². The fraction of sp³-hybridized carbons (Fsp3) is 0.200. The summed E-state index contributed by atoms with van der Waals surface area (Å²) in [6.07, 6.45) is 0. The molecule has 0 unspecified atom stereocenters. The van der Waals surface area contributed by atoms with E-state index in [9.17, 15) is 0 Å². The van der Waals surface area contributed by atoms with Crippen molar-refractivity contribution in [1.29, 1.82) is 0 Å². The molecular formula is C15H15ClO. The Bertz CT molecular complexity index is 520. The van der Waals surface area contributed by atoms with Crippen LogP contribution >= 0.6 is 11.6 Å². The van der Waals surface area contributed by atoms with Gasteiger partial charge in [-0.2, -0.15) is 0 Å². The number of halogens is 1. The second kappa shape index (κ2) is 5.24. The van der Waals surface area contributed by atoms with E-state index in [0.29, 0.717) is 6.61 Å². The van der Waals surface area contributed by atoms with Gasteiger partial charge in [0.15, 0.2) is 0 Å². The number of hydrogen-bond donors (Lipinski definition) is 0. The number of ether oxygens (including phenoxy) is 1. The second-order valence-electron chi connectivity index (χ2n) is 4.08. The van der Waals surface area contributed by atoms with E-state index in [2.05, 4.69) is 19.9 Å². The van der Waals surface area contributed by atoms with E-state index >= 15 is 0 Å².